The van der Waals surface area contributed by atoms with E-state index in [4.69, 9.17) is 11.6 Å². The molecule has 0 aliphatic rings. The lowest BCUT2D eigenvalue weighted by molar-refractivity contribution is 0.102. The smallest absolute Gasteiger partial charge is 0.258 e. The van der Waals surface area contributed by atoms with E-state index in [1.807, 2.05) is 0 Å². The second kappa shape index (κ2) is 5.14. The SMILES string of the molecule is O=C(Nc1ccccc1Cl)c1cccc(F)c1F. The maximum absolute atomic E-state index is 13.4. The Hall–Kier alpha value is -1.94. The molecule has 0 heterocycles. The first-order valence-corrected chi connectivity index (χ1v) is 5.47. The van der Waals surface area contributed by atoms with E-state index in [1.54, 1.807) is 24.3 Å². The number of hydrogen-bond acceptors (Lipinski definition) is 1. The van der Waals surface area contributed by atoms with Crippen molar-refractivity contribution >= 4 is 23.2 Å². The summed E-state index contributed by atoms with van der Waals surface area (Å²) < 4.78 is 26.4. The van der Waals surface area contributed by atoms with Crippen LogP contribution in [0.5, 0.6) is 0 Å². The number of carbonyl (C=O) groups excluding carboxylic acids is 1. The van der Waals surface area contributed by atoms with Gasteiger partial charge < -0.3 is 5.32 Å². The number of rotatable bonds is 2. The number of carbonyl (C=O) groups is 1. The zero-order valence-corrected chi connectivity index (χ0v) is 9.84. The lowest BCUT2D eigenvalue weighted by atomic mass is 10.2. The van der Waals surface area contributed by atoms with E-state index in [-0.39, 0.29) is 5.56 Å². The molecule has 0 aromatic heterocycles. The number of halogens is 3. The fraction of sp³-hybridized carbons (Fsp3) is 0. The molecule has 0 saturated heterocycles. The van der Waals surface area contributed by atoms with Gasteiger partial charge in [-0.25, -0.2) is 8.78 Å². The lowest BCUT2D eigenvalue weighted by Gasteiger charge is -2.07. The highest BCUT2D eigenvalue weighted by molar-refractivity contribution is 6.33. The van der Waals surface area contributed by atoms with Crippen LogP contribution in [0, 0.1) is 11.6 Å². The van der Waals surface area contributed by atoms with E-state index in [1.165, 1.54) is 12.1 Å². The molecule has 0 radical (unpaired) electrons. The summed E-state index contributed by atoms with van der Waals surface area (Å²) >= 11 is 5.84. The summed E-state index contributed by atoms with van der Waals surface area (Å²) in [5.41, 5.74) is -0.0252. The van der Waals surface area contributed by atoms with Gasteiger partial charge in [0.1, 0.15) is 0 Å². The van der Waals surface area contributed by atoms with Crippen LogP contribution in [-0.4, -0.2) is 5.91 Å². The molecular weight excluding hydrogens is 260 g/mol. The fourth-order valence-corrected chi connectivity index (χ4v) is 1.61. The second-order valence-corrected chi connectivity index (χ2v) is 3.94. The van der Waals surface area contributed by atoms with Crippen LogP contribution in [0.25, 0.3) is 0 Å². The molecule has 92 valence electrons. The summed E-state index contributed by atoms with van der Waals surface area (Å²) in [5, 5.41) is 2.74. The van der Waals surface area contributed by atoms with E-state index in [0.29, 0.717) is 10.7 Å². The van der Waals surface area contributed by atoms with Crippen molar-refractivity contribution in [1.82, 2.24) is 0 Å². The number of para-hydroxylation sites is 1. The van der Waals surface area contributed by atoms with Gasteiger partial charge in [0.05, 0.1) is 16.3 Å². The maximum atomic E-state index is 13.4. The molecule has 1 amide bonds. The highest BCUT2D eigenvalue weighted by Crippen LogP contribution is 2.22. The minimum Gasteiger partial charge on any atom is -0.321 e. The summed E-state index contributed by atoms with van der Waals surface area (Å²) in [4.78, 5) is 11.8. The lowest BCUT2D eigenvalue weighted by Crippen LogP contribution is -2.14. The van der Waals surface area contributed by atoms with Crippen molar-refractivity contribution in [2.75, 3.05) is 5.32 Å². The molecule has 0 aliphatic heterocycles. The van der Waals surface area contributed by atoms with Crippen LogP contribution < -0.4 is 5.32 Å². The molecule has 18 heavy (non-hydrogen) atoms. The van der Waals surface area contributed by atoms with Crippen LogP contribution >= 0.6 is 11.6 Å². The van der Waals surface area contributed by atoms with Crippen molar-refractivity contribution in [3.05, 3.63) is 64.7 Å². The Bertz CT molecular complexity index is 601. The number of hydrogen-bond donors (Lipinski definition) is 1. The van der Waals surface area contributed by atoms with Crippen molar-refractivity contribution in [3.8, 4) is 0 Å². The molecule has 0 spiro atoms. The molecular formula is C13H8ClF2NO. The monoisotopic (exact) mass is 267 g/mol. The summed E-state index contributed by atoms with van der Waals surface area (Å²) in [7, 11) is 0. The van der Waals surface area contributed by atoms with Gasteiger partial charge in [-0.2, -0.15) is 0 Å². The number of nitrogens with one attached hydrogen (secondary N) is 1. The molecule has 0 atom stereocenters. The molecule has 0 fully saturated rings. The van der Waals surface area contributed by atoms with Gasteiger partial charge in [0.15, 0.2) is 11.6 Å². The predicted octanol–water partition coefficient (Wildman–Crippen LogP) is 3.87. The highest BCUT2D eigenvalue weighted by Gasteiger charge is 2.15. The maximum Gasteiger partial charge on any atom is 0.258 e. The number of anilines is 1. The van der Waals surface area contributed by atoms with Gasteiger partial charge in [-0.3, -0.25) is 4.79 Å². The zero-order chi connectivity index (χ0) is 13.1. The molecule has 2 rings (SSSR count). The van der Waals surface area contributed by atoms with Crippen LogP contribution in [0.2, 0.25) is 5.02 Å². The van der Waals surface area contributed by atoms with E-state index in [9.17, 15) is 13.6 Å². The first-order chi connectivity index (χ1) is 8.59. The highest BCUT2D eigenvalue weighted by atomic mass is 35.5. The first kappa shape index (κ1) is 12.5. The average Bonchev–Trinajstić information content (AvgIpc) is 2.35. The summed E-state index contributed by atoms with van der Waals surface area (Å²) in [6, 6.07) is 9.92. The number of amides is 1. The molecule has 0 unspecified atom stereocenters. The Labute approximate surface area is 107 Å². The van der Waals surface area contributed by atoms with E-state index < -0.39 is 17.5 Å². The Balaban J connectivity index is 2.28. The molecule has 2 aromatic rings. The van der Waals surface area contributed by atoms with Gasteiger partial charge in [-0.15, -0.1) is 0 Å². The van der Waals surface area contributed by atoms with Gasteiger partial charge in [0.2, 0.25) is 0 Å². The first-order valence-electron chi connectivity index (χ1n) is 5.09. The van der Waals surface area contributed by atoms with E-state index in [2.05, 4.69) is 5.32 Å². The van der Waals surface area contributed by atoms with Crippen molar-refractivity contribution < 1.29 is 13.6 Å². The van der Waals surface area contributed by atoms with Crippen LogP contribution in [0.4, 0.5) is 14.5 Å². The van der Waals surface area contributed by atoms with Crippen LogP contribution in [0.3, 0.4) is 0 Å². The standard InChI is InChI=1S/C13H8ClF2NO/c14-9-5-1-2-7-11(9)17-13(18)8-4-3-6-10(15)12(8)16/h1-7H,(H,17,18). The minimum atomic E-state index is -1.18. The molecule has 5 heteroatoms. The van der Waals surface area contributed by atoms with Crippen LogP contribution in [0.15, 0.2) is 42.5 Å². The van der Waals surface area contributed by atoms with Crippen molar-refractivity contribution in [1.29, 1.82) is 0 Å². The van der Waals surface area contributed by atoms with Gasteiger partial charge in [-0.05, 0) is 24.3 Å². The van der Waals surface area contributed by atoms with E-state index >= 15 is 0 Å². The van der Waals surface area contributed by atoms with E-state index in [0.717, 1.165) is 6.07 Å². The Morgan fingerprint density at radius 2 is 1.78 bits per heavy atom. The second-order valence-electron chi connectivity index (χ2n) is 3.54. The molecule has 0 aliphatic carbocycles. The summed E-state index contributed by atoms with van der Waals surface area (Å²) in [5.74, 6) is -3.00. The quantitative estimate of drug-likeness (QED) is 0.879. The third kappa shape index (κ3) is 2.49. The predicted molar refractivity (Wildman–Crippen MR) is 65.8 cm³/mol. The molecule has 1 N–H and O–H groups in total. The molecule has 2 nitrogen and oxygen atoms in total. The average molecular weight is 268 g/mol. The fourth-order valence-electron chi connectivity index (χ4n) is 1.43. The van der Waals surface area contributed by atoms with Crippen LogP contribution in [0.1, 0.15) is 10.4 Å². The van der Waals surface area contributed by atoms with Gasteiger partial charge >= 0.3 is 0 Å². The number of benzene rings is 2. The largest absolute Gasteiger partial charge is 0.321 e. The van der Waals surface area contributed by atoms with Crippen molar-refractivity contribution in [2.24, 2.45) is 0 Å². The normalized spacial score (nSPS) is 10.2. The Morgan fingerprint density at radius 1 is 1.06 bits per heavy atom. The zero-order valence-electron chi connectivity index (χ0n) is 9.08. The summed E-state index contributed by atoms with van der Waals surface area (Å²) in [6.07, 6.45) is 0. The molecule has 2 aromatic carbocycles. The van der Waals surface area contributed by atoms with Gasteiger partial charge in [0, 0.05) is 0 Å². The van der Waals surface area contributed by atoms with Crippen molar-refractivity contribution in [2.45, 2.75) is 0 Å². The molecule has 0 saturated carbocycles. The topological polar surface area (TPSA) is 29.1 Å². The summed E-state index contributed by atoms with van der Waals surface area (Å²) in [6.45, 7) is 0. The minimum absolute atomic E-state index is 0.322. The third-order valence-electron chi connectivity index (χ3n) is 2.32. The van der Waals surface area contributed by atoms with Gasteiger partial charge in [0.25, 0.3) is 5.91 Å². The third-order valence-corrected chi connectivity index (χ3v) is 2.65. The molecule has 0 bridgehead atoms. The van der Waals surface area contributed by atoms with Gasteiger partial charge in [-0.1, -0.05) is 29.8 Å². The van der Waals surface area contributed by atoms with Crippen LogP contribution in [-0.2, 0) is 0 Å². The van der Waals surface area contributed by atoms with Crippen molar-refractivity contribution in [3.63, 3.8) is 0 Å². The Kier molecular flexibility index (Phi) is 3.58. The Morgan fingerprint density at radius 3 is 2.50 bits per heavy atom.